The van der Waals surface area contributed by atoms with Crippen LogP contribution in [0.25, 0.3) is 0 Å². The standard InChI is InChI=1S/C37H66N2/c1-3-5-7-9-11-13-15-17-19-21-23-28-32-38-34-35-39(37(38)36-30-26-25-27-31-36)33-29-24-22-20-18-16-14-12-10-8-6-4-2/h25-27,30-31,34-35,37H,3-24,28-29,32-33H2,1-2H3. The first kappa shape index (κ1) is 33.8. The van der Waals surface area contributed by atoms with Crippen LogP contribution in [0.2, 0.25) is 0 Å². The first-order valence-corrected chi connectivity index (χ1v) is 17.6. The molecule has 0 radical (unpaired) electrons. The van der Waals surface area contributed by atoms with Gasteiger partial charge in [-0.15, -0.1) is 0 Å². The van der Waals surface area contributed by atoms with Crippen molar-refractivity contribution in [2.45, 2.75) is 174 Å². The molecule has 1 heterocycles. The highest BCUT2D eigenvalue weighted by Crippen LogP contribution is 2.31. The van der Waals surface area contributed by atoms with Crippen LogP contribution in [0.15, 0.2) is 42.7 Å². The van der Waals surface area contributed by atoms with Crippen LogP contribution in [0, 0.1) is 0 Å². The van der Waals surface area contributed by atoms with E-state index in [1.807, 2.05) is 0 Å². The summed E-state index contributed by atoms with van der Waals surface area (Å²) in [6.07, 6.45) is 39.2. The fourth-order valence-electron chi connectivity index (χ4n) is 6.20. The van der Waals surface area contributed by atoms with Crippen molar-refractivity contribution in [3.05, 3.63) is 48.3 Å². The van der Waals surface area contributed by atoms with Gasteiger partial charge in [0, 0.05) is 25.5 Å². The van der Waals surface area contributed by atoms with Crippen molar-refractivity contribution < 1.29 is 0 Å². The van der Waals surface area contributed by atoms with Crippen molar-refractivity contribution in [3.63, 3.8) is 0 Å². The zero-order valence-corrected chi connectivity index (χ0v) is 26.4. The molecule has 0 fully saturated rings. The third kappa shape index (κ3) is 16.4. The van der Waals surface area contributed by atoms with Gasteiger partial charge in [-0.25, -0.2) is 0 Å². The van der Waals surface area contributed by atoms with Crippen LogP contribution in [0.3, 0.4) is 0 Å². The van der Waals surface area contributed by atoms with E-state index in [4.69, 9.17) is 0 Å². The topological polar surface area (TPSA) is 6.48 Å². The van der Waals surface area contributed by atoms with Crippen LogP contribution < -0.4 is 0 Å². The van der Waals surface area contributed by atoms with Gasteiger partial charge in [0.25, 0.3) is 0 Å². The van der Waals surface area contributed by atoms with Crippen LogP contribution in [0.5, 0.6) is 0 Å². The lowest BCUT2D eigenvalue weighted by Gasteiger charge is -2.33. The summed E-state index contributed by atoms with van der Waals surface area (Å²) in [5, 5.41) is 0. The van der Waals surface area contributed by atoms with E-state index in [1.165, 1.54) is 173 Å². The predicted molar refractivity (Wildman–Crippen MR) is 174 cm³/mol. The highest BCUT2D eigenvalue weighted by molar-refractivity contribution is 5.21. The monoisotopic (exact) mass is 539 g/mol. The Morgan fingerprint density at radius 3 is 1.05 bits per heavy atom. The van der Waals surface area contributed by atoms with E-state index < -0.39 is 0 Å². The minimum Gasteiger partial charge on any atom is -0.352 e. The van der Waals surface area contributed by atoms with Crippen LogP contribution in [0.4, 0.5) is 0 Å². The lowest BCUT2D eigenvalue weighted by atomic mass is 10.0. The summed E-state index contributed by atoms with van der Waals surface area (Å²) in [6, 6.07) is 11.2. The molecule has 2 nitrogen and oxygen atoms in total. The Balaban J connectivity index is 1.55. The summed E-state index contributed by atoms with van der Waals surface area (Å²) in [4.78, 5) is 5.21. The smallest absolute Gasteiger partial charge is 0.127 e. The Morgan fingerprint density at radius 2 is 0.718 bits per heavy atom. The van der Waals surface area contributed by atoms with Gasteiger partial charge in [-0.1, -0.05) is 185 Å². The molecule has 2 rings (SSSR count). The molecule has 1 aliphatic heterocycles. The molecule has 0 amide bonds. The molecule has 1 aromatic carbocycles. The maximum absolute atomic E-state index is 2.60. The maximum Gasteiger partial charge on any atom is 0.127 e. The van der Waals surface area contributed by atoms with Gasteiger partial charge in [-0.3, -0.25) is 0 Å². The summed E-state index contributed by atoms with van der Waals surface area (Å²) in [7, 11) is 0. The van der Waals surface area contributed by atoms with E-state index in [0.717, 1.165) is 0 Å². The second-order valence-corrected chi connectivity index (χ2v) is 12.3. The van der Waals surface area contributed by atoms with E-state index >= 15 is 0 Å². The van der Waals surface area contributed by atoms with Crippen LogP contribution >= 0.6 is 0 Å². The average Bonchev–Trinajstić information content (AvgIpc) is 3.37. The average molecular weight is 539 g/mol. The number of hydrogen-bond acceptors (Lipinski definition) is 2. The summed E-state index contributed by atoms with van der Waals surface area (Å²) in [6.45, 7) is 6.97. The molecule has 224 valence electrons. The molecule has 0 N–H and O–H groups in total. The molecule has 0 saturated carbocycles. The third-order valence-electron chi connectivity index (χ3n) is 8.72. The van der Waals surface area contributed by atoms with Crippen molar-refractivity contribution in [2.24, 2.45) is 0 Å². The summed E-state index contributed by atoms with van der Waals surface area (Å²) in [5.41, 5.74) is 1.44. The Bertz CT molecular complexity index is 631. The minimum absolute atomic E-state index is 0.395. The van der Waals surface area contributed by atoms with Crippen LogP contribution in [0.1, 0.15) is 180 Å². The fourth-order valence-corrected chi connectivity index (χ4v) is 6.20. The highest BCUT2D eigenvalue weighted by Gasteiger charge is 2.26. The summed E-state index contributed by atoms with van der Waals surface area (Å²) < 4.78 is 0. The Kier molecular flexibility index (Phi) is 21.1. The highest BCUT2D eigenvalue weighted by atomic mass is 15.4. The van der Waals surface area contributed by atoms with Crippen LogP contribution in [-0.2, 0) is 0 Å². The molecule has 1 aromatic rings. The van der Waals surface area contributed by atoms with Gasteiger partial charge in [0.05, 0.1) is 0 Å². The normalized spacial score (nSPS) is 13.7. The van der Waals surface area contributed by atoms with Crippen LogP contribution in [-0.4, -0.2) is 22.9 Å². The van der Waals surface area contributed by atoms with E-state index in [0.29, 0.717) is 6.17 Å². The van der Waals surface area contributed by atoms with Crippen molar-refractivity contribution in [1.82, 2.24) is 9.80 Å². The molecule has 0 aromatic heterocycles. The van der Waals surface area contributed by atoms with Gasteiger partial charge < -0.3 is 9.80 Å². The first-order valence-electron chi connectivity index (χ1n) is 17.6. The number of hydrogen-bond donors (Lipinski definition) is 0. The molecule has 0 spiro atoms. The van der Waals surface area contributed by atoms with Crippen molar-refractivity contribution in [3.8, 4) is 0 Å². The zero-order chi connectivity index (χ0) is 27.6. The molecule has 39 heavy (non-hydrogen) atoms. The van der Waals surface area contributed by atoms with Gasteiger partial charge in [-0.2, -0.15) is 0 Å². The maximum atomic E-state index is 2.60. The van der Waals surface area contributed by atoms with E-state index in [2.05, 4.69) is 66.4 Å². The van der Waals surface area contributed by atoms with Crippen molar-refractivity contribution in [2.75, 3.05) is 13.1 Å². The summed E-state index contributed by atoms with van der Waals surface area (Å²) >= 11 is 0. The molecule has 2 heteroatoms. The molecule has 0 aliphatic carbocycles. The Hall–Kier alpha value is -1.44. The third-order valence-corrected chi connectivity index (χ3v) is 8.72. The first-order chi connectivity index (χ1) is 19.4. The van der Waals surface area contributed by atoms with E-state index in [1.54, 1.807) is 0 Å². The lowest BCUT2D eigenvalue weighted by molar-refractivity contribution is 0.149. The van der Waals surface area contributed by atoms with Gasteiger partial charge in [0.1, 0.15) is 6.17 Å². The lowest BCUT2D eigenvalue weighted by Crippen LogP contribution is -2.32. The minimum atomic E-state index is 0.395. The molecule has 0 atom stereocenters. The molecular formula is C37H66N2. The SMILES string of the molecule is CCCCCCCCCCCCCCN1C=CN(CCCCCCCCCCCCCC)C1c1ccccc1. The van der Waals surface area contributed by atoms with E-state index in [9.17, 15) is 0 Å². The Labute approximate surface area is 245 Å². The van der Waals surface area contributed by atoms with E-state index in [-0.39, 0.29) is 0 Å². The summed E-state index contributed by atoms with van der Waals surface area (Å²) in [5.74, 6) is 0. The van der Waals surface area contributed by atoms with Gasteiger partial charge >= 0.3 is 0 Å². The molecule has 0 unspecified atom stereocenters. The largest absolute Gasteiger partial charge is 0.352 e. The molecule has 0 saturated heterocycles. The second-order valence-electron chi connectivity index (χ2n) is 12.3. The van der Waals surface area contributed by atoms with Crippen molar-refractivity contribution in [1.29, 1.82) is 0 Å². The number of rotatable bonds is 27. The fraction of sp³-hybridized carbons (Fsp3) is 0.784. The van der Waals surface area contributed by atoms with Gasteiger partial charge in [-0.05, 0) is 18.4 Å². The quantitative estimate of drug-likeness (QED) is 0.103. The number of nitrogens with zero attached hydrogens (tertiary/aromatic N) is 2. The number of benzene rings is 1. The Morgan fingerprint density at radius 1 is 0.410 bits per heavy atom. The molecule has 0 bridgehead atoms. The number of unbranched alkanes of at least 4 members (excludes halogenated alkanes) is 22. The predicted octanol–water partition coefficient (Wildman–Crippen LogP) is 12.2. The molecule has 1 aliphatic rings. The zero-order valence-electron chi connectivity index (χ0n) is 26.4. The van der Waals surface area contributed by atoms with Crippen molar-refractivity contribution >= 4 is 0 Å². The second kappa shape index (κ2) is 24.4. The van der Waals surface area contributed by atoms with Gasteiger partial charge in [0.15, 0.2) is 0 Å². The van der Waals surface area contributed by atoms with Gasteiger partial charge in [0.2, 0.25) is 0 Å². The molecular weight excluding hydrogens is 472 g/mol.